The second kappa shape index (κ2) is 6.45. The lowest BCUT2D eigenvalue weighted by atomic mass is 10.0. The predicted molar refractivity (Wildman–Crippen MR) is 79.9 cm³/mol. The minimum absolute atomic E-state index is 0.0151. The van der Waals surface area contributed by atoms with Crippen molar-refractivity contribution in [1.82, 2.24) is 9.88 Å². The highest BCUT2D eigenvalue weighted by Crippen LogP contribution is 2.30. The number of piperidine rings is 1. The van der Waals surface area contributed by atoms with Crippen molar-refractivity contribution < 1.29 is 9.90 Å². The molecule has 2 rings (SSSR count). The molecule has 0 aromatic carbocycles. The first-order valence-electron chi connectivity index (χ1n) is 6.36. The molecule has 7 heteroatoms. The summed E-state index contributed by atoms with van der Waals surface area (Å²) in [6.45, 7) is 1.51. The summed E-state index contributed by atoms with van der Waals surface area (Å²) in [6, 6.07) is 1.85. The first-order valence-corrected chi connectivity index (χ1v) is 6.77. The fourth-order valence-corrected chi connectivity index (χ4v) is 2.53. The van der Waals surface area contributed by atoms with Crippen LogP contribution in [0.15, 0.2) is 23.5 Å². The van der Waals surface area contributed by atoms with Crippen LogP contribution in [0, 0.1) is 0 Å². The van der Waals surface area contributed by atoms with E-state index < -0.39 is 6.09 Å². The molecule has 0 spiro atoms. The van der Waals surface area contributed by atoms with Crippen molar-refractivity contribution in [2.45, 2.75) is 18.9 Å². The highest BCUT2D eigenvalue weighted by atomic mass is 32.1. The van der Waals surface area contributed by atoms with Gasteiger partial charge in [-0.3, -0.25) is 4.98 Å². The van der Waals surface area contributed by atoms with Crippen molar-refractivity contribution in [3.8, 4) is 0 Å². The van der Waals surface area contributed by atoms with E-state index in [0.717, 1.165) is 25.1 Å². The van der Waals surface area contributed by atoms with E-state index in [1.54, 1.807) is 19.4 Å². The van der Waals surface area contributed by atoms with Gasteiger partial charge in [-0.1, -0.05) is 0 Å². The fraction of sp³-hybridized carbons (Fsp3) is 0.462. The molecule has 20 heavy (non-hydrogen) atoms. The summed E-state index contributed by atoms with van der Waals surface area (Å²) in [5, 5.41) is 11.4. The van der Waals surface area contributed by atoms with Crippen LogP contribution >= 0.6 is 12.2 Å². The molecule has 1 aromatic rings. The van der Waals surface area contributed by atoms with Crippen molar-refractivity contribution in [3.63, 3.8) is 0 Å². The lowest BCUT2D eigenvalue weighted by Crippen LogP contribution is -2.48. The highest BCUT2D eigenvalue weighted by Gasteiger charge is 2.26. The van der Waals surface area contributed by atoms with Crippen LogP contribution in [0.3, 0.4) is 0 Å². The number of aliphatic imine (C=N–C) groups is 1. The molecule has 1 N–H and O–H groups in total. The van der Waals surface area contributed by atoms with Gasteiger partial charge in [0.15, 0.2) is 0 Å². The van der Waals surface area contributed by atoms with E-state index in [-0.39, 0.29) is 6.04 Å². The van der Waals surface area contributed by atoms with E-state index >= 15 is 0 Å². The summed E-state index contributed by atoms with van der Waals surface area (Å²) < 4.78 is 0. The van der Waals surface area contributed by atoms with Crippen molar-refractivity contribution >= 4 is 34.8 Å². The van der Waals surface area contributed by atoms with E-state index in [1.165, 1.54) is 4.90 Å². The first kappa shape index (κ1) is 14.4. The Morgan fingerprint density at radius 3 is 3.20 bits per heavy atom. The number of hydrogen-bond acceptors (Lipinski definition) is 5. The molecule has 1 atom stereocenters. The van der Waals surface area contributed by atoms with Crippen molar-refractivity contribution in [3.05, 3.63) is 18.5 Å². The number of isothiocyanates is 1. The van der Waals surface area contributed by atoms with Crippen molar-refractivity contribution in [2.24, 2.45) is 4.99 Å². The van der Waals surface area contributed by atoms with Gasteiger partial charge in [-0.25, -0.2) is 4.79 Å². The molecule has 0 radical (unpaired) electrons. The van der Waals surface area contributed by atoms with Crippen LogP contribution in [-0.2, 0) is 0 Å². The number of carbonyl (C=O) groups is 1. The topological polar surface area (TPSA) is 69.0 Å². The van der Waals surface area contributed by atoms with Gasteiger partial charge >= 0.3 is 6.09 Å². The molecular weight excluding hydrogens is 276 g/mol. The van der Waals surface area contributed by atoms with Crippen LogP contribution in [0.2, 0.25) is 0 Å². The van der Waals surface area contributed by atoms with E-state index in [0.29, 0.717) is 12.2 Å². The zero-order chi connectivity index (χ0) is 14.5. The normalized spacial score (nSPS) is 18.2. The minimum Gasteiger partial charge on any atom is -0.465 e. The number of carboxylic acid groups (broad SMARTS) is 1. The van der Waals surface area contributed by atoms with E-state index in [2.05, 4.69) is 32.3 Å². The van der Waals surface area contributed by atoms with Gasteiger partial charge in [-0.2, -0.15) is 4.99 Å². The number of likely N-dealkylation sites (N-methyl/N-ethyl adjacent to an activating group) is 1. The second-order valence-corrected chi connectivity index (χ2v) is 4.89. The van der Waals surface area contributed by atoms with Crippen molar-refractivity contribution in [1.29, 1.82) is 0 Å². The molecule has 1 aliphatic rings. The van der Waals surface area contributed by atoms with Crippen LogP contribution in [0.4, 0.5) is 16.2 Å². The summed E-state index contributed by atoms with van der Waals surface area (Å²) in [4.78, 5) is 22.6. The third-order valence-corrected chi connectivity index (χ3v) is 3.62. The molecule has 106 valence electrons. The summed E-state index contributed by atoms with van der Waals surface area (Å²) in [5.41, 5.74) is 1.59. The number of hydrogen-bond donors (Lipinski definition) is 1. The average Bonchev–Trinajstić information content (AvgIpc) is 2.47. The number of nitrogens with zero attached hydrogens (tertiary/aromatic N) is 4. The molecule has 1 fully saturated rings. The first-order chi connectivity index (χ1) is 9.63. The van der Waals surface area contributed by atoms with Crippen LogP contribution in [0.25, 0.3) is 0 Å². The van der Waals surface area contributed by atoms with Gasteiger partial charge in [0.05, 0.1) is 23.1 Å². The van der Waals surface area contributed by atoms with Crippen LogP contribution < -0.4 is 4.90 Å². The number of amides is 1. The Morgan fingerprint density at radius 1 is 1.70 bits per heavy atom. The Hall–Kier alpha value is -1.98. The Morgan fingerprint density at radius 2 is 2.50 bits per heavy atom. The smallest absolute Gasteiger partial charge is 0.407 e. The molecule has 2 heterocycles. The van der Waals surface area contributed by atoms with Gasteiger partial charge in [0.1, 0.15) is 5.69 Å². The maximum absolute atomic E-state index is 11.1. The average molecular weight is 292 g/mol. The molecule has 6 nitrogen and oxygen atoms in total. The molecule has 0 aliphatic carbocycles. The lowest BCUT2D eigenvalue weighted by Gasteiger charge is -2.37. The minimum atomic E-state index is -0.899. The van der Waals surface area contributed by atoms with Gasteiger partial charge in [0, 0.05) is 26.3 Å². The van der Waals surface area contributed by atoms with Gasteiger partial charge in [0.25, 0.3) is 0 Å². The Kier molecular flexibility index (Phi) is 4.65. The summed E-state index contributed by atoms with van der Waals surface area (Å²) in [5.74, 6) is 0. The molecule has 1 amide bonds. The van der Waals surface area contributed by atoms with E-state index in [9.17, 15) is 4.79 Å². The monoisotopic (exact) mass is 292 g/mol. The number of thiocarbonyl (C=S) groups is 1. The Labute approximate surface area is 122 Å². The Balaban J connectivity index is 2.21. The number of aromatic nitrogens is 1. The molecule has 1 unspecified atom stereocenters. The standard InChI is InChI=1S/C13H16N4O2S/c1-16(13(18)19)10-3-2-6-17(8-10)12-4-5-14-7-11(12)15-9-20/h4-5,7,10H,2-3,6,8H2,1H3,(H,18,19). The maximum atomic E-state index is 11.1. The molecule has 1 aromatic heterocycles. The molecule has 0 bridgehead atoms. The van der Waals surface area contributed by atoms with E-state index in [4.69, 9.17) is 5.11 Å². The van der Waals surface area contributed by atoms with Gasteiger partial charge < -0.3 is 14.9 Å². The number of anilines is 1. The summed E-state index contributed by atoms with van der Waals surface area (Å²) in [7, 11) is 1.61. The van der Waals surface area contributed by atoms with Crippen LogP contribution in [0.5, 0.6) is 0 Å². The van der Waals surface area contributed by atoms with Gasteiger partial charge in [-0.15, -0.1) is 0 Å². The molecule has 0 saturated carbocycles. The van der Waals surface area contributed by atoms with Crippen LogP contribution in [-0.4, -0.2) is 52.4 Å². The summed E-state index contributed by atoms with van der Waals surface area (Å²) in [6.07, 6.45) is 4.24. The van der Waals surface area contributed by atoms with Crippen LogP contribution in [0.1, 0.15) is 12.8 Å². The molecule has 1 saturated heterocycles. The largest absolute Gasteiger partial charge is 0.465 e. The highest BCUT2D eigenvalue weighted by molar-refractivity contribution is 7.78. The maximum Gasteiger partial charge on any atom is 0.407 e. The Bertz CT molecular complexity index is 545. The van der Waals surface area contributed by atoms with Crippen molar-refractivity contribution in [2.75, 3.05) is 25.0 Å². The quantitative estimate of drug-likeness (QED) is 0.684. The second-order valence-electron chi connectivity index (χ2n) is 4.70. The zero-order valence-electron chi connectivity index (χ0n) is 11.2. The van der Waals surface area contributed by atoms with E-state index in [1.807, 2.05) is 6.07 Å². The van der Waals surface area contributed by atoms with Gasteiger partial charge in [0.2, 0.25) is 0 Å². The van der Waals surface area contributed by atoms with Gasteiger partial charge in [-0.05, 0) is 31.1 Å². The number of rotatable bonds is 3. The third kappa shape index (κ3) is 3.12. The SMILES string of the molecule is CN(C(=O)O)C1CCCN(c2ccncc2N=C=S)C1. The summed E-state index contributed by atoms with van der Waals surface area (Å²) >= 11 is 4.65. The zero-order valence-corrected chi connectivity index (χ0v) is 12.0. The lowest BCUT2D eigenvalue weighted by molar-refractivity contribution is 0.133. The molecule has 1 aliphatic heterocycles. The third-order valence-electron chi connectivity index (χ3n) is 3.53. The fourth-order valence-electron chi connectivity index (χ4n) is 2.43. The molecular formula is C13H16N4O2S. The number of pyridine rings is 1. The predicted octanol–water partition coefficient (Wildman–Crippen LogP) is 2.39.